The summed E-state index contributed by atoms with van der Waals surface area (Å²) in [5, 5.41) is 19.3. The summed E-state index contributed by atoms with van der Waals surface area (Å²) in [7, 11) is 4.63. The lowest BCUT2D eigenvalue weighted by molar-refractivity contribution is -0.384. The average Bonchev–Trinajstić information content (AvgIpc) is 3.54. The van der Waals surface area contributed by atoms with Crippen molar-refractivity contribution in [2.75, 3.05) is 21.3 Å². The second-order valence-corrected chi connectivity index (χ2v) is 9.92. The number of nitrogens with one attached hydrogen (secondary N) is 1. The maximum atomic E-state index is 11.6. The van der Waals surface area contributed by atoms with Crippen LogP contribution in [0, 0.1) is 10.1 Å². The van der Waals surface area contributed by atoms with Crippen LogP contribution >= 0.6 is 27.3 Å². The van der Waals surface area contributed by atoms with Gasteiger partial charge in [0.15, 0.2) is 11.5 Å². The summed E-state index contributed by atoms with van der Waals surface area (Å²) >= 11 is 4.82. The number of aromatic nitrogens is 2. The Morgan fingerprint density at radius 1 is 1.05 bits per heavy atom. The van der Waals surface area contributed by atoms with Gasteiger partial charge in [0.1, 0.15) is 5.69 Å². The van der Waals surface area contributed by atoms with Gasteiger partial charge in [0.05, 0.1) is 38.2 Å². The molecule has 5 rings (SSSR count). The summed E-state index contributed by atoms with van der Waals surface area (Å²) in [5.74, 6) is 1.42. The van der Waals surface area contributed by atoms with Crippen LogP contribution in [-0.2, 0) is 0 Å². The van der Waals surface area contributed by atoms with Crippen molar-refractivity contribution < 1.29 is 19.1 Å². The van der Waals surface area contributed by atoms with Crippen LogP contribution in [0.2, 0.25) is 0 Å². The summed E-state index contributed by atoms with van der Waals surface area (Å²) in [6.45, 7) is 0. The van der Waals surface area contributed by atoms with Gasteiger partial charge in [-0.3, -0.25) is 10.1 Å². The minimum Gasteiger partial charge on any atom is -0.493 e. The molecule has 2 aromatic heterocycles. The molecule has 1 N–H and O–H groups in total. The van der Waals surface area contributed by atoms with E-state index in [1.54, 1.807) is 50.4 Å². The molecule has 0 aliphatic carbocycles. The van der Waals surface area contributed by atoms with E-state index in [0.29, 0.717) is 27.7 Å². The third-order valence-electron chi connectivity index (χ3n) is 5.93. The highest BCUT2D eigenvalue weighted by molar-refractivity contribution is 9.10. The molecule has 10 nitrogen and oxygen atoms in total. The zero-order valence-corrected chi connectivity index (χ0v) is 23.4. The molecule has 5 aromatic rings. The normalized spacial score (nSPS) is 11.8. The van der Waals surface area contributed by atoms with E-state index in [2.05, 4.69) is 25.9 Å². The number of nitrogens with zero attached hydrogens (tertiary/aromatic N) is 4. The van der Waals surface area contributed by atoms with Gasteiger partial charge in [-0.25, -0.2) is 9.67 Å². The third kappa shape index (κ3) is 5.16. The Balaban J connectivity index is 1.73. The van der Waals surface area contributed by atoms with E-state index < -0.39 is 4.92 Å². The monoisotopic (exact) mass is 607 g/mol. The molecule has 2 heterocycles. The van der Waals surface area contributed by atoms with Crippen LogP contribution in [0.4, 0.5) is 11.4 Å². The first-order valence-corrected chi connectivity index (χ1v) is 13.2. The zero-order chi connectivity index (χ0) is 27.5. The molecule has 0 aliphatic heterocycles. The molecule has 0 atom stereocenters. The number of thiazole rings is 1. The lowest BCUT2D eigenvalue weighted by Crippen LogP contribution is -2.12. The Kier molecular flexibility index (Phi) is 7.48. The summed E-state index contributed by atoms with van der Waals surface area (Å²) < 4.78 is 19.1. The minimum absolute atomic E-state index is 0.0998. The first-order valence-electron chi connectivity index (χ1n) is 11.5. The van der Waals surface area contributed by atoms with Crippen molar-refractivity contribution >= 4 is 55.8 Å². The van der Waals surface area contributed by atoms with Crippen molar-refractivity contribution in [1.29, 1.82) is 0 Å². The summed E-state index contributed by atoms with van der Waals surface area (Å²) in [6, 6.07) is 15.9. The SMILES string of the molecule is COc1cc(-c2csc(=Nc3ccccc3[N+](=O)[O-])n2N=Cc2c[nH]c3ccc(Br)cc23)cc(OC)c1OC. The molecule has 0 spiro atoms. The van der Waals surface area contributed by atoms with Crippen molar-refractivity contribution in [2.45, 2.75) is 0 Å². The largest absolute Gasteiger partial charge is 0.493 e. The van der Waals surface area contributed by atoms with Gasteiger partial charge in [0.2, 0.25) is 10.6 Å². The molecule has 0 fully saturated rings. The minimum atomic E-state index is -0.454. The molecular weight excluding hydrogens is 586 g/mol. The standard InChI is InChI=1S/C27H22BrN5O5S/c1-36-24-10-16(11-25(37-2)26(24)38-3)23-15-39-27(31-21-6-4-5-7-22(21)33(34)35)32(23)30-14-17-13-29-20-9-8-18(28)12-19(17)20/h4-15,29H,1-3H3. The quantitative estimate of drug-likeness (QED) is 0.123. The maximum absolute atomic E-state index is 11.6. The zero-order valence-electron chi connectivity index (χ0n) is 21.0. The van der Waals surface area contributed by atoms with Crippen LogP contribution in [0.5, 0.6) is 17.2 Å². The Bertz CT molecular complexity index is 1760. The number of hydrogen-bond donors (Lipinski definition) is 1. The smallest absolute Gasteiger partial charge is 0.294 e. The molecule has 0 saturated heterocycles. The van der Waals surface area contributed by atoms with Gasteiger partial charge in [0, 0.05) is 44.1 Å². The number of para-hydroxylation sites is 2. The van der Waals surface area contributed by atoms with Crippen molar-refractivity contribution in [3.05, 3.63) is 91.1 Å². The summed E-state index contributed by atoms with van der Waals surface area (Å²) in [6.07, 6.45) is 3.59. The number of nitro groups is 1. The Hall–Kier alpha value is -4.42. The van der Waals surface area contributed by atoms with Gasteiger partial charge in [0.25, 0.3) is 5.69 Å². The van der Waals surface area contributed by atoms with Gasteiger partial charge in [-0.2, -0.15) is 5.10 Å². The highest BCUT2D eigenvalue weighted by atomic mass is 79.9. The first-order chi connectivity index (χ1) is 18.9. The van der Waals surface area contributed by atoms with Gasteiger partial charge < -0.3 is 19.2 Å². The predicted molar refractivity (Wildman–Crippen MR) is 155 cm³/mol. The van der Waals surface area contributed by atoms with Gasteiger partial charge >= 0.3 is 0 Å². The second kappa shape index (κ2) is 11.1. The molecular formula is C27H22BrN5O5S. The molecule has 0 saturated carbocycles. The van der Waals surface area contributed by atoms with Crippen LogP contribution in [0.1, 0.15) is 5.56 Å². The maximum Gasteiger partial charge on any atom is 0.294 e. The number of H-pyrrole nitrogens is 1. The number of ether oxygens (including phenoxy) is 3. The van der Waals surface area contributed by atoms with Gasteiger partial charge in [-0.15, -0.1) is 11.3 Å². The van der Waals surface area contributed by atoms with Crippen LogP contribution in [0.25, 0.3) is 22.2 Å². The molecule has 0 unspecified atom stereocenters. The molecule has 12 heteroatoms. The fraction of sp³-hybridized carbons (Fsp3) is 0.111. The van der Waals surface area contributed by atoms with E-state index >= 15 is 0 Å². The highest BCUT2D eigenvalue weighted by Crippen LogP contribution is 2.41. The fourth-order valence-corrected chi connectivity index (χ4v) is 5.28. The van der Waals surface area contributed by atoms with Crippen molar-refractivity contribution in [1.82, 2.24) is 9.66 Å². The molecule has 0 aliphatic rings. The average molecular weight is 608 g/mol. The molecule has 198 valence electrons. The van der Waals surface area contributed by atoms with Crippen LogP contribution in [0.3, 0.4) is 0 Å². The Labute approximate surface area is 235 Å². The third-order valence-corrected chi connectivity index (χ3v) is 7.24. The van der Waals surface area contributed by atoms with Crippen molar-refractivity contribution in [3.63, 3.8) is 0 Å². The lowest BCUT2D eigenvalue weighted by Gasteiger charge is -2.14. The van der Waals surface area contributed by atoms with Crippen LogP contribution in [0.15, 0.2) is 80.7 Å². The number of hydrogen-bond acceptors (Lipinski definition) is 8. The van der Waals surface area contributed by atoms with E-state index in [0.717, 1.165) is 26.5 Å². The van der Waals surface area contributed by atoms with Gasteiger partial charge in [-0.1, -0.05) is 28.1 Å². The number of fused-ring (bicyclic) bond motifs is 1. The number of aromatic amines is 1. The molecule has 3 aromatic carbocycles. The summed E-state index contributed by atoms with van der Waals surface area (Å²) in [5.41, 5.74) is 3.34. The van der Waals surface area contributed by atoms with E-state index in [1.807, 2.05) is 41.9 Å². The predicted octanol–water partition coefficient (Wildman–Crippen LogP) is 6.51. The number of benzene rings is 3. The topological polar surface area (TPSA) is 116 Å². The molecule has 0 bridgehead atoms. The Morgan fingerprint density at radius 3 is 2.49 bits per heavy atom. The van der Waals surface area contributed by atoms with E-state index in [9.17, 15) is 10.1 Å². The number of rotatable bonds is 8. The number of nitro benzene ring substituents is 1. The van der Waals surface area contributed by atoms with E-state index in [1.165, 1.54) is 17.4 Å². The van der Waals surface area contributed by atoms with E-state index in [-0.39, 0.29) is 11.4 Å². The molecule has 0 amide bonds. The van der Waals surface area contributed by atoms with E-state index in [4.69, 9.17) is 19.3 Å². The lowest BCUT2D eigenvalue weighted by atomic mass is 10.1. The fourth-order valence-electron chi connectivity index (χ4n) is 4.07. The van der Waals surface area contributed by atoms with Crippen molar-refractivity contribution in [2.24, 2.45) is 10.1 Å². The van der Waals surface area contributed by atoms with Crippen LogP contribution in [-0.4, -0.2) is 42.1 Å². The second-order valence-electron chi connectivity index (χ2n) is 8.17. The Morgan fingerprint density at radius 2 is 1.79 bits per heavy atom. The van der Waals surface area contributed by atoms with Crippen LogP contribution < -0.4 is 19.0 Å². The first kappa shape index (κ1) is 26.2. The number of halogens is 1. The summed E-state index contributed by atoms with van der Waals surface area (Å²) in [4.78, 5) is 19.5. The van der Waals surface area contributed by atoms with Crippen molar-refractivity contribution in [3.8, 4) is 28.5 Å². The van der Waals surface area contributed by atoms with Gasteiger partial charge in [-0.05, 0) is 36.4 Å². The number of methoxy groups -OCH3 is 3. The highest BCUT2D eigenvalue weighted by Gasteiger charge is 2.18. The molecule has 39 heavy (non-hydrogen) atoms. The molecule has 0 radical (unpaired) electrons.